The fourth-order valence-electron chi connectivity index (χ4n) is 1.52. The lowest BCUT2D eigenvalue weighted by atomic mass is 10.2. The molecule has 0 radical (unpaired) electrons. The monoisotopic (exact) mass is 358 g/mol. The van der Waals surface area contributed by atoms with Gasteiger partial charge in [-0.1, -0.05) is 29.9 Å². The van der Waals surface area contributed by atoms with Gasteiger partial charge in [0.15, 0.2) is 0 Å². The summed E-state index contributed by atoms with van der Waals surface area (Å²) < 4.78 is 14.6. The number of nitrogens with two attached hydrogens (primary N) is 1. The second-order valence-corrected chi connectivity index (χ2v) is 5.43. The molecule has 2 aromatic rings. The van der Waals surface area contributed by atoms with Crippen molar-refractivity contribution >= 4 is 56.1 Å². The molecule has 0 aliphatic carbocycles. The Hall–Kier alpha value is -1.17. The normalized spacial score (nSPS) is 10.3. The van der Waals surface area contributed by atoms with Crippen molar-refractivity contribution in [3.05, 3.63) is 57.3 Å². The van der Waals surface area contributed by atoms with E-state index in [9.17, 15) is 4.39 Å². The molecule has 0 aliphatic rings. The molecule has 6 heteroatoms. The first-order valence-electron chi connectivity index (χ1n) is 5.29. The van der Waals surface area contributed by atoms with E-state index in [1.54, 1.807) is 30.3 Å². The fraction of sp³-hybridized carbons (Fsp3) is 0. The van der Waals surface area contributed by atoms with Crippen LogP contribution in [0.1, 0.15) is 5.56 Å². The molecule has 2 aromatic carbocycles. The molecule has 0 spiro atoms. The number of rotatable bonds is 3. The standard InChI is InChI=1S/C13H9BrClFN2S/c14-12-8(15)2-1-3-11(12)18-10-5-4-7(13(17)19)6-9(10)16/h1-6,18H,(H2,17,19). The summed E-state index contributed by atoms with van der Waals surface area (Å²) in [5.41, 5.74) is 6.94. The molecule has 0 fully saturated rings. The third kappa shape index (κ3) is 3.23. The Morgan fingerprint density at radius 2 is 2.00 bits per heavy atom. The molecule has 3 N–H and O–H groups in total. The van der Waals surface area contributed by atoms with Crippen molar-refractivity contribution in [2.24, 2.45) is 5.73 Å². The van der Waals surface area contributed by atoms with E-state index in [-0.39, 0.29) is 4.99 Å². The minimum Gasteiger partial charge on any atom is -0.389 e. The summed E-state index contributed by atoms with van der Waals surface area (Å²) in [5, 5.41) is 3.50. The van der Waals surface area contributed by atoms with Crippen LogP contribution in [0.15, 0.2) is 40.9 Å². The summed E-state index contributed by atoms with van der Waals surface area (Å²) in [6.07, 6.45) is 0. The number of hydrogen-bond acceptors (Lipinski definition) is 2. The van der Waals surface area contributed by atoms with Crippen LogP contribution in [0.5, 0.6) is 0 Å². The molecule has 0 saturated carbocycles. The lowest BCUT2D eigenvalue weighted by Crippen LogP contribution is -2.09. The zero-order valence-electron chi connectivity index (χ0n) is 9.58. The van der Waals surface area contributed by atoms with Gasteiger partial charge in [-0.3, -0.25) is 0 Å². The van der Waals surface area contributed by atoms with Crippen molar-refractivity contribution in [2.45, 2.75) is 0 Å². The molecular formula is C13H9BrClFN2S. The van der Waals surface area contributed by atoms with Crippen molar-refractivity contribution in [2.75, 3.05) is 5.32 Å². The Labute approximate surface area is 128 Å². The quantitative estimate of drug-likeness (QED) is 0.785. The van der Waals surface area contributed by atoms with E-state index in [0.717, 1.165) is 0 Å². The van der Waals surface area contributed by atoms with Crippen LogP contribution in [0, 0.1) is 5.82 Å². The van der Waals surface area contributed by atoms with E-state index >= 15 is 0 Å². The summed E-state index contributed by atoms with van der Waals surface area (Å²) in [4.78, 5) is 0.161. The molecule has 0 unspecified atom stereocenters. The highest BCUT2D eigenvalue weighted by Crippen LogP contribution is 2.32. The number of thiocarbonyl (C=S) groups is 1. The van der Waals surface area contributed by atoms with E-state index in [2.05, 4.69) is 21.2 Å². The van der Waals surface area contributed by atoms with Crippen molar-refractivity contribution in [1.82, 2.24) is 0 Å². The summed E-state index contributed by atoms with van der Waals surface area (Å²) in [6, 6.07) is 9.84. The molecule has 0 atom stereocenters. The molecule has 0 saturated heterocycles. The molecule has 2 nitrogen and oxygen atoms in total. The first-order chi connectivity index (χ1) is 8.99. The average molecular weight is 360 g/mol. The van der Waals surface area contributed by atoms with Crippen LogP contribution in [-0.4, -0.2) is 4.99 Å². The van der Waals surface area contributed by atoms with E-state index in [0.29, 0.717) is 26.4 Å². The van der Waals surface area contributed by atoms with Crippen molar-refractivity contribution in [3.8, 4) is 0 Å². The number of nitrogens with one attached hydrogen (secondary N) is 1. The van der Waals surface area contributed by atoms with Crippen LogP contribution in [0.4, 0.5) is 15.8 Å². The fourth-order valence-corrected chi connectivity index (χ4v) is 2.18. The third-order valence-electron chi connectivity index (χ3n) is 2.47. The van der Waals surface area contributed by atoms with Gasteiger partial charge in [0.2, 0.25) is 0 Å². The average Bonchev–Trinajstić information content (AvgIpc) is 2.37. The van der Waals surface area contributed by atoms with Gasteiger partial charge in [-0.15, -0.1) is 0 Å². The Morgan fingerprint density at radius 1 is 1.26 bits per heavy atom. The summed E-state index contributed by atoms with van der Waals surface area (Å²) in [5.74, 6) is -0.433. The second kappa shape index (κ2) is 5.86. The van der Waals surface area contributed by atoms with Crippen LogP contribution in [0.25, 0.3) is 0 Å². The zero-order valence-corrected chi connectivity index (χ0v) is 12.7. The van der Waals surface area contributed by atoms with Gasteiger partial charge < -0.3 is 11.1 Å². The molecule has 0 aliphatic heterocycles. The number of halogens is 3. The van der Waals surface area contributed by atoms with Gasteiger partial charge >= 0.3 is 0 Å². The van der Waals surface area contributed by atoms with Crippen LogP contribution in [-0.2, 0) is 0 Å². The molecule has 0 aromatic heterocycles. The molecule has 0 amide bonds. The molecule has 0 heterocycles. The molecule has 19 heavy (non-hydrogen) atoms. The SMILES string of the molecule is NC(=S)c1ccc(Nc2cccc(Cl)c2Br)c(F)c1. The van der Waals surface area contributed by atoms with Crippen LogP contribution in [0.2, 0.25) is 5.02 Å². The van der Waals surface area contributed by atoms with Gasteiger partial charge in [0.25, 0.3) is 0 Å². The molecule has 0 bridgehead atoms. The lowest BCUT2D eigenvalue weighted by molar-refractivity contribution is 0.631. The molecular weight excluding hydrogens is 351 g/mol. The Morgan fingerprint density at radius 3 is 2.63 bits per heavy atom. The second-order valence-electron chi connectivity index (χ2n) is 3.79. The summed E-state index contributed by atoms with van der Waals surface area (Å²) in [6.45, 7) is 0. The Kier molecular flexibility index (Phi) is 4.39. The molecule has 2 rings (SSSR count). The van der Waals surface area contributed by atoms with E-state index in [1.165, 1.54) is 6.07 Å². The van der Waals surface area contributed by atoms with Crippen LogP contribution < -0.4 is 11.1 Å². The van der Waals surface area contributed by atoms with Crippen LogP contribution >= 0.6 is 39.7 Å². The van der Waals surface area contributed by atoms with E-state index in [4.69, 9.17) is 29.6 Å². The maximum Gasteiger partial charge on any atom is 0.147 e. The van der Waals surface area contributed by atoms with E-state index < -0.39 is 5.82 Å². The zero-order chi connectivity index (χ0) is 14.0. The third-order valence-corrected chi connectivity index (χ3v) is 4.11. The first-order valence-corrected chi connectivity index (χ1v) is 6.87. The lowest BCUT2D eigenvalue weighted by Gasteiger charge is -2.11. The first kappa shape index (κ1) is 14.2. The van der Waals surface area contributed by atoms with Gasteiger partial charge in [-0.2, -0.15) is 0 Å². The van der Waals surface area contributed by atoms with Crippen LogP contribution in [0.3, 0.4) is 0 Å². The largest absolute Gasteiger partial charge is 0.389 e. The predicted octanol–water partition coefficient (Wildman–Crippen LogP) is 4.62. The van der Waals surface area contributed by atoms with E-state index in [1.807, 2.05) is 0 Å². The minimum absolute atomic E-state index is 0.161. The van der Waals surface area contributed by atoms with Gasteiger partial charge in [0.05, 0.1) is 20.9 Å². The van der Waals surface area contributed by atoms with Crippen molar-refractivity contribution < 1.29 is 4.39 Å². The smallest absolute Gasteiger partial charge is 0.147 e. The highest BCUT2D eigenvalue weighted by atomic mass is 79.9. The van der Waals surface area contributed by atoms with Crippen molar-refractivity contribution in [1.29, 1.82) is 0 Å². The Bertz CT molecular complexity index is 649. The summed E-state index contributed by atoms with van der Waals surface area (Å²) in [7, 11) is 0. The van der Waals surface area contributed by atoms with Gasteiger partial charge in [-0.05, 0) is 46.3 Å². The topological polar surface area (TPSA) is 38.0 Å². The number of anilines is 2. The van der Waals surface area contributed by atoms with Gasteiger partial charge in [0.1, 0.15) is 10.8 Å². The predicted molar refractivity (Wildman–Crippen MR) is 84.7 cm³/mol. The highest BCUT2D eigenvalue weighted by molar-refractivity contribution is 9.10. The highest BCUT2D eigenvalue weighted by Gasteiger charge is 2.08. The van der Waals surface area contributed by atoms with Gasteiger partial charge in [0, 0.05) is 5.56 Å². The van der Waals surface area contributed by atoms with Crippen molar-refractivity contribution in [3.63, 3.8) is 0 Å². The minimum atomic E-state index is -0.433. The maximum atomic E-state index is 13.9. The van der Waals surface area contributed by atoms with Gasteiger partial charge in [-0.25, -0.2) is 4.39 Å². The molecule has 98 valence electrons. The summed E-state index contributed by atoms with van der Waals surface area (Å²) >= 11 is 14.1. The maximum absolute atomic E-state index is 13.9. The number of benzene rings is 2. The Balaban J connectivity index is 2.34. The number of hydrogen-bond donors (Lipinski definition) is 2.